The minimum Gasteiger partial charge on any atom is -0.493 e. The molecule has 204 valence electrons. The Morgan fingerprint density at radius 1 is 1.03 bits per heavy atom. The van der Waals surface area contributed by atoms with Crippen molar-refractivity contribution in [3.63, 3.8) is 0 Å². The van der Waals surface area contributed by atoms with Crippen LogP contribution in [0.25, 0.3) is 0 Å². The van der Waals surface area contributed by atoms with E-state index >= 15 is 0 Å². The minimum atomic E-state index is -0.175. The summed E-state index contributed by atoms with van der Waals surface area (Å²) in [5.41, 5.74) is 11.9. The molecule has 0 fully saturated rings. The maximum absolute atomic E-state index is 12.4. The molecule has 0 spiro atoms. The van der Waals surface area contributed by atoms with E-state index in [1.807, 2.05) is 25.4 Å². The summed E-state index contributed by atoms with van der Waals surface area (Å²) in [6.45, 7) is 3.21. The zero-order valence-corrected chi connectivity index (χ0v) is 22.5. The fraction of sp³-hybridized carbons (Fsp3) is 0.577. The molecule has 1 amide bonds. The lowest BCUT2D eigenvalue weighted by Gasteiger charge is -2.18. The zero-order valence-electron chi connectivity index (χ0n) is 22.5. The van der Waals surface area contributed by atoms with Gasteiger partial charge in [0.2, 0.25) is 0 Å². The first-order valence-electron chi connectivity index (χ1n) is 12.8. The Morgan fingerprint density at radius 3 is 2.14 bits per heavy atom. The Labute approximate surface area is 216 Å². The van der Waals surface area contributed by atoms with Crippen LogP contribution in [0.3, 0.4) is 0 Å². The molecule has 0 aliphatic heterocycles. The molecule has 36 heavy (non-hydrogen) atoms. The molecule has 9 N–H and O–H groups in total. The molecule has 1 aromatic rings. The highest BCUT2D eigenvalue weighted by molar-refractivity contribution is 5.95. The number of amides is 1. The van der Waals surface area contributed by atoms with Gasteiger partial charge in [-0.05, 0) is 63.5 Å². The molecule has 0 aromatic heterocycles. The maximum atomic E-state index is 12.4. The fourth-order valence-electron chi connectivity index (χ4n) is 3.65. The second-order valence-corrected chi connectivity index (χ2v) is 8.72. The van der Waals surface area contributed by atoms with E-state index in [9.17, 15) is 4.79 Å². The summed E-state index contributed by atoms with van der Waals surface area (Å²) in [6.07, 6.45) is 11.5. The van der Waals surface area contributed by atoms with Crippen LogP contribution in [-0.2, 0) is 6.42 Å². The summed E-state index contributed by atoms with van der Waals surface area (Å²) < 4.78 is 12.4. The molecular weight excluding hydrogens is 458 g/mol. The minimum absolute atomic E-state index is 0.175. The van der Waals surface area contributed by atoms with E-state index in [1.165, 1.54) is 5.01 Å². The summed E-state index contributed by atoms with van der Waals surface area (Å²) in [4.78, 5) is 12.4. The van der Waals surface area contributed by atoms with Crippen molar-refractivity contribution in [3.05, 3.63) is 47.1 Å². The third-order valence-corrected chi connectivity index (χ3v) is 5.53. The van der Waals surface area contributed by atoms with Crippen molar-refractivity contribution < 1.29 is 14.3 Å². The molecule has 0 heterocycles. The number of carbonyl (C=O) groups excluding carboxylic acids is 1. The Morgan fingerprint density at radius 2 is 1.64 bits per heavy atom. The highest BCUT2D eigenvalue weighted by Crippen LogP contribution is 2.33. The van der Waals surface area contributed by atoms with Crippen molar-refractivity contribution in [1.29, 1.82) is 0 Å². The normalized spacial score (nSPS) is 11.7. The second kappa shape index (κ2) is 18.2. The van der Waals surface area contributed by atoms with Crippen LogP contribution >= 0.6 is 0 Å². The number of nitrogens with two attached hydrogens (primary N) is 3. The van der Waals surface area contributed by atoms with E-state index in [0.29, 0.717) is 30.3 Å². The van der Waals surface area contributed by atoms with E-state index in [-0.39, 0.29) is 5.91 Å². The molecule has 1 rings (SSSR count). The van der Waals surface area contributed by atoms with Gasteiger partial charge in [-0.15, -0.1) is 0 Å². The van der Waals surface area contributed by atoms with Crippen molar-refractivity contribution in [1.82, 2.24) is 21.1 Å². The van der Waals surface area contributed by atoms with Crippen LogP contribution in [0.1, 0.15) is 74.2 Å². The summed E-state index contributed by atoms with van der Waals surface area (Å²) in [6, 6.07) is 3.63. The number of carbonyl (C=O) groups is 1. The van der Waals surface area contributed by atoms with Crippen molar-refractivity contribution in [3.8, 4) is 11.5 Å². The highest BCUT2D eigenvalue weighted by atomic mass is 16.5. The molecule has 0 bridgehead atoms. The van der Waals surface area contributed by atoms with Crippen LogP contribution in [0, 0.1) is 0 Å². The van der Waals surface area contributed by atoms with Crippen LogP contribution in [0.5, 0.6) is 11.5 Å². The number of nitrogens with one attached hydrogen (secondary N) is 3. The van der Waals surface area contributed by atoms with Crippen LogP contribution < -0.4 is 43.0 Å². The average molecular weight is 506 g/mol. The molecule has 10 heteroatoms. The van der Waals surface area contributed by atoms with Crippen LogP contribution in [-0.4, -0.2) is 45.3 Å². The number of hydrogen-bond donors (Lipinski definition) is 6. The second-order valence-electron chi connectivity index (χ2n) is 8.72. The van der Waals surface area contributed by atoms with Gasteiger partial charge in [0.25, 0.3) is 5.91 Å². The quantitative estimate of drug-likeness (QED) is 0.0946. The monoisotopic (exact) mass is 505 g/mol. The number of unbranched alkanes of at least 4 members (excludes halogenated alkanes) is 3. The van der Waals surface area contributed by atoms with Crippen LogP contribution in [0.4, 0.5) is 0 Å². The van der Waals surface area contributed by atoms with Crippen molar-refractivity contribution >= 4 is 5.91 Å². The predicted molar refractivity (Wildman–Crippen MR) is 146 cm³/mol. The summed E-state index contributed by atoms with van der Waals surface area (Å²) >= 11 is 0. The average Bonchev–Trinajstić information content (AvgIpc) is 2.85. The van der Waals surface area contributed by atoms with Crippen molar-refractivity contribution in [2.75, 3.05) is 34.4 Å². The first-order chi connectivity index (χ1) is 17.4. The number of ether oxygens (including phenoxy) is 2. The molecule has 0 aliphatic rings. The summed E-state index contributed by atoms with van der Waals surface area (Å²) in [5, 5.41) is 7.12. The predicted octanol–water partition coefficient (Wildman–Crippen LogP) is 2.62. The Hall–Kier alpha value is -3.11. The van der Waals surface area contributed by atoms with Gasteiger partial charge in [0.05, 0.1) is 13.2 Å². The van der Waals surface area contributed by atoms with E-state index in [2.05, 4.69) is 23.0 Å². The van der Waals surface area contributed by atoms with Crippen molar-refractivity contribution in [2.45, 2.75) is 64.7 Å². The number of hydrogen-bond acceptors (Lipinski definition) is 9. The number of allylic oxidation sites excluding steroid dienone is 2. The Bertz CT molecular complexity index is 841. The third kappa shape index (κ3) is 12.0. The molecular formula is C26H47N7O3. The van der Waals surface area contributed by atoms with Crippen molar-refractivity contribution in [2.24, 2.45) is 17.4 Å². The SMILES string of the molecule is CCCCc1c(OCCCC/C(N)=C/N(C)N)cc(C(=O)NC)cc1OCCCC/C(=C/NC)NN. The molecule has 0 radical (unpaired) electrons. The molecule has 0 unspecified atom stereocenters. The maximum Gasteiger partial charge on any atom is 0.251 e. The first kappa shape index (κ1) is 30.9. The molecule has 0 saturated heterocycles. The largest absolute Gasteiger partial charge is 0.493 e. The van der Waals surface area contributed by atoms with Gasteiger partial charge in [0.15, 0.2) is 0 Å². The lowest BCUT2D eigenvalue weighted by molar-refractivity contribution is 0.0962. The lowest BCUT2D eigenvalue weighted by Crippen LogP contribution is -2.22. The first-order valence-corrected chi connectivity index (χ1v) is 12.8. The van der Waals surface area contributed by atoms with Gasteiger partial charge in [0, 0.05) is 56.1 Å². The number of rotatable bonds is 19. The molecule has 10 nitrogen and oxygen atoms in total. The molecule has 0 atom stereocenters. The topological polar surface area (TPSA) is 153 Å². The fourth-order valence-corrected chi connectivity index (χ4v) is 3.65. The van der Waals surface area contributed by atoms with E-state index in [1.54, 1.807) is 20.3 Å². The van der Waals surface area contributed by atoms with Crippen LogP contribution in [0.2, 0.25) is 0 Å². The summed E-state index contributed by atoms with van der Waals surface area (Å²) in [7, 11) is 5.19. The van der Waals surface area contributed by atoms with Gasteiger partial charge >= 0.3 is 0 Å². The van der Waals surface area contributed by atoms with E-state index < -0.39 is 0 Å². The Balaban J connectivity index is 2.90. The zero-order chi connectivity index (χ0) is 26.8. The highest BCUT2D eigenvalue weighted by Gasteiger charge is 2.17. The summed E-state index contributed by atoms with van der Waals surface area (Å²) in [5.74, 6) is 12.4. The van der Waals surface area contributed by atoms with Gasteiger partial charge in [0.1, 0.15) is 11.5 Å². The van der Waals surface area contributed by atoms with Gasteiger partial charge in [-0.3, -0.25) is 10.6 Å². The Kier molecular flexibility index (Phi) is 15.6. The number of benzene rings is 1. The third-order valence-electron chi connectivity index (χ3n) is 5.53. The number of hydrazine groups is 2. The molecule has 0 saturated carbocycles. The number of nitrogens with zero attached hydrogens (tertiary/aromatic N) is 1. The molecule has 1 aromatic carbocycles. The molecule has 0 aliphatic carbocycles. The van der Waals surface area contributed by atoms with Gasteiger partial charge in [-0.2, -0.15) is 0 Å². The lowest BCUT2D eigenvalue weighted by atomic mass is 10.0. The standard InChI is InChI=1S/C26H47N7O3/c1-5-6-13-23-24(35-14-9-7-11-21(27)19-33(4)29)16-20(26(34)31-3)17-25(23)36-15-10-8-12-22(32-28)18-30-2/h16-19,30,32H,5-15,27-29H2,1-4H3,(H,31,34)/b21-19-,22-18-. The van der Waals surface area contributed by atoms with Gasteiger partial charge in [-0.1, -0.05) is 13.3 Å². The smallest absolute Gasteiger partial charge is 0.251 e. The van der Waals surface area contributed by atoms with E-state index in [0.717, 1.165) is 74.7 Å². The van der Waals surface area contributed by atoms with Gasteiger partial charge in [-0.25, -0.2) is 5.84 Å². The van der Waals surface area contributed by atoms with E-state index in [4.69, 9.17) is 26.9 Å². The van der Waals surface area contributed by atoms with Gasteiger partial charge < -0.3 is 36.3 Å². The van der Waals surface area contributed by atoms with Crippen LogP contribution in [0.15, 0.2) is 35.9 Å².